The first-order chi connectivity index (χ1) is 12.0. The standard InChI is InChI=1S/C21H29N3O/c1-14-7-6-9-17(13-14)21(18-10-5-4-8-15(18)2)22-16(3)19-11-12-20(25)24-23-19/h4-5,8,10-12,14,16-17,21-22H,6-7,9,13H2,1-3H3,(H,24,25). The van der Waals surface area contributed by atoms with Crippen molar-refractivity contribution < 1.29 is 0 Å². The van der Waals surface area contributed by atoms with Crippen LogP contribution in [0, 0.1) is 18.8 Å². The summed E-state index contributed by atoms with van der Waals surface area (Å²) in [4.78, 5) is 11.3. The molecule has 2 N–H and O–H groups in total. The molecule has 1 aromatic carbocycles. The number of nitrogens with one attached hydrogen (secondary N) is 2. The zero-order valence-electron chi connectivity index (χ0n) is 15.5. The van der Waals surface area contributed by atoms with Crippen molar-refractivity contribution >= 4 is 0 Å². The van der Waals surface area contributed by atoms with Crippen LogP contribution in [-0.4, -0.2) is 10.2 Å². The number of benzene rings is 1. The third-order valence-electron chi connectivity index (χ3n) is 5.55. The molecule has 0 amide bonds. The van der Waals surface area contributed by atoms with Gasteiger partial charge in [-0.2, -0.15) is 5.10 Å². The average molecular weight is 339 g/mol. The highest BCUT2D eigenvalue weighted by atomic mass is 16.1. The number of H-pyrrole nitrogens is 1. The summed E-state index contributed by atoms with van der Waals surface area (Å²) in [5, 5.41) is 10.6. The van der Waals surface area contributed by atoms with Crippen molar-refractivity contribution in [3.8, 4) is 0 Å². The van der Waals surface area contributed by atoms with Crippen molar-refractivity contribution in [2.45, 2.75) is 58.5 Å². The second kappa shape index (κ2) is 7.96. The van der Waals surface area contributed by atoms with E-state index >= 15 is 0 Å². The van der Waals surface area contributed by atoms with E-state index in [0.717, 1.165) is 11.6 Å². The molecule has 134 valence electrons. The van der Waals surface area contributed by atoms with Crippen LogP contribution in [-0.2, 0) is 0 Å². The van der Waals surface area contributed by atoms with Gasteiger partial charge in [-0.1, -0.05) is 44.0 Å². The van der Waals surface area contributed by atoms with Crippen molar-refractivity contribution in [3.05, 3.63) is 63.6 Å². The minimum absolute atomic E-state index is 0.0821. The van der Waals surface area contributed by atoms with Crippen LogP contribution < -0.4 is 10.9 Å². The highest BCUT2D eigenvalue weighted by Crippen LogP contribution is 2.39. The van der Waals surface area contributed by atoms with E-state index in [1.54, 1.807) is 6.07 Å². The number of hydrogen-bond donors (Lipinski definition) is 2. The molecule has 2 aromatic rings. The molecule has 0 spiro atoms. The molecule has 4 heteroatoms. The van der Waals surface area contributed by atoms with Gasteiger partial charge < -0.3 is 5.32 Å². The van der Waals surface area contributed by atoms with Crippen LogP contribution in [0.5, 0.6) is 0 Å². The van der Waals surface area contributed by atoms with Gasteiger partial charge in [0.25, 0.3) is 5.56 Å². The quantitative estimate of drug-likeness (QED) is 0.854. The summed E-state index contributed by atoms with van der Waals surface area (Å²) in [5.41, 5.74) is 3.44. The van der Waals surface area contributed by atoms with Gasteiger partial charge in [0.2, 0.25) is 0 Å². The Morgan fingerprint density at radius 2 is 2.00 bits per heavy atom. The van der Waals surface area contributed by atoms with E-state index in [9.17, 15) is 4.79 Å². The SMILES string of the molecule is Cc1ccccc1C(NC(C)c1ccc(=O)[nH]n1)C1CCCC(C)C1. The molecule has 1 aliphatic rings. The summed E-state index contributed by atoms with van der Waals surface area (Å²) in [5.74, 6) is 1.42. The Balaban J connectivity index is 1.86. The highest BCUT2D eigenvalue weighted by molar-refractivity contribution is 5.30. The van der Waals surface area contributed by atoms with Gasteiger partial charge in [0.1, 0.15) is 0 Å². The molecule has 1 heterocycles. The maximum atomic E-state index is 11.3. The molecule has 0 bridgehead atoms. The topological polar surface area (TPSA) is 57.8 Å². The zero-order valence-corrected chi connectivity index (χ0v) is 15.5. The van der Waals surface area contributed by atoms with Crippen LogP contribution in [0.3, 0.4) is 0 Å². The molecule has 4 unspecified atom stereocenters. The summed E-state index contributed by atoms with van der Waals surface area (Å²) < 4.78 is 0. The van der Waals surface area contributed by atoms with Gasteiger partial charge in [-0.15, -0.1) is 0 Å². The number of aromatic amines is 1. The Bertz CT molecular complexity index is 734. The molecule has 1 aromatic heterocycles. The molecule has 0 aliphatic heterocycles. The first-order valence-electron chi connectivity index (χ1n) is 9.42. The van der Waals surface area contributed by atoms with Crippen LogP contribution in [0.15, 0.2) is 41.2 Å². The number of hydrogen-bond acceptors (Lipinski definition) is 3. The zero-order chi connectivity index (χ0) is 17.8. The summed E-state index contributed by atoms with van der Waals surface area (Å²) in [6.07, 6.45) is 5.18. The summed E-state index contributed by atoms with van der Waals surface area (Å²) in [6.45, 7) is 6.69. The molecular weight excluding hydrogens is 310 g/mol. The molecule has 3 rings (SSSR count). The number of aryl methyl sites for hydroxylation is 1. The first kappa shape index (κ1) is 17.9. The van der Waals surface area contributed by atoms with Crippen molar-refractivity contribution in [2.75, 3.05) is 0 Å². The van der Waals surface area contributed by atoms with Crippen LogP contribution in [0.1, 0.15) is 68.4 Å². The van der Waals surface area contributed by atoms with Gasteiger partial charge >= 0.3 is 0 Å². The van der Waals surface area contributed by atoms with E-state index in [2.05, 4.69) is 60.6 Å². The monoisotopic (exact) mass is 339 g/mol. The second-order valence-corrected chi connectivity index (χ2v) is 7.60. The van der Waals surface area contributed by atoms with Gasteiger partial charge in [-0.05, 0) is 55.7 Å². The third-order valence-corrected chi connectivity index (χ3v) is 5.55. The predicted octanol–water partition coefficient (Wildman–Crippen LogP) is 4.30. The lowest BCUT2D eigenvalue weighted by molar-refractivity contribution is 0.213. The lowest BCUT2D eigenvalue weighted by atomic mass is 9.76. The fraction of sp³-hybridized carbons (Fsp3) is 0.524. The van der Waals surface area contributed by atoms with Gasteiger partial charge in [0.05, 0.1) is 5.69 Å². The van der Waals surface area contributed by atoms with Crippen LogP contribution in [0.2, 0.25) is 0 Å². The van der Waals surface area contributed by atoms with Gasteiger partial charge in [0.15, 0.2) is 0 Å². The van der Waals surface area contributed by atoms with Crippen molar-refractivity contribution in [1.82, 2.24) is 15.5 Å². The largest absolute Gasteiger partial charge is 0.302 e. The third kappa shape index (κ3) is 4.37. The van der Waals surface area contributed by atoms with Crippen molar-refractivity contribution in [3.63, 3.8) is 0 Å². The minimum atomic E-state index is -0.160. The first-order valence-corrected chi connectivity index (χ1v) is 9.42. The molecule has 0 saturated heterocycles. The maximum absolute atomic E-state index is 11.3. The minimum Gasteiger partial charge on any atom is -0.302 e. The number of nitrogens with zero attached hydrogens (tertiary/aromatic N) is 1. The Morgan fingerprint density at radius 1 is 1.20 bits per heavy atom. The molecule has 4 nitrogen and oxygen atoms in total. The van der Waals surface area contributed by atoms with Crippen molar-refractivity contribution in [2.24, 2.45) is 11.8 Å². The number of aromatic nitrogens is 2. The van der Waals surface area contributed by atoms with Gasteiger partial charge in [0, 0.05) is 18.2 Å². The van der Waals surface area contributed by atoms with E-state index in [-0.39, 0.29) is 11.6 Å². The second-order valence-electron chi connectivity index (χ2n) is 7.60. The molecule has 4 atom stereocenters. The summed E-state index contributed by atoms with van der Waals surface area (Å²) in [6, 6.07) is 12.4. The predicted molar refractivity (Wildman–Crippen MR) is 101 cm³/mol. The number of rotatable bonds is 5. The Morgan fingerprint density at radius 3 is 2.68 bits per heavy atom. The van der Waals surface area contributed by atoms with Crippen LogP contribution >= 0.6 is 0 Å². The fourth-order valence-corrected chi connectivity index (χ4v) is 4.15. The Hall–Kier alpha value is -1.94. The summed E-state index contributed by atoms with van der Waals surface area (Å²) in [7, 11) is 0. The Labute approximate surface area is 150 Å². The van der Waals surface area contributed by atoms with Crippen molar-refractivity contribution in [1.29, 1.82) is 0 Å². The van der Waals surface area contributed by atoms with Crippen LogP contribution in [0.4, 0.5) is 0 Å². The van der Waals surface area contributed by atoms with E-state index in [0.29, 0.717) is 12.0 Å². The Kier molecular flexibility index (Phi) is 5.69. The van der Waals surface area contributed by atoms with E-state index < -0.39 is 0 Å². The van der Waals surface area contributed by atoms with Crippen LogP contribution in [0.25, 0.3) is 0 Å². The lowest BCUT2D eigenvalue weighted by Gasteiger charge is -2.36. The summed E-state index contributed by atoms with van der Waals surface area (Å²) >= 11 is 0. The average Bonchev–Trinajstić information content (AvgIpc) is 2.61. The van der Waals surface area contributed by atoms with E-state index in [1.165, 1.54) is 36.8 Å². The van der Waals surface area contributed by atoms with E-state index in [1.807, 2.05) is 6.07 Å². The molecule has 1 saturated carbocycles. The maximum Gasteiger partial charge on any atom is 0.264 e. The fourth-order valence-electron chi connectivity index (χ4n) is 4.15. The van der Waals surface area contributed by atoms with Gasteiger partial charge in [-0.25, -0.2) is 5.10 Å². The van der Waals surface area contributed by atoms with E-state index in [4.69, 9.17) is 0 Å². The molecule has 0 radical (unpaired) electrons. The molecule has 1 aliphatic carbocycles. The molecule has 1 fully saturated rings. The lowest BCUT2D eigenvalue weighted by Crippen LogP contribution is -2.34. The normalized spacial score (nSPS) is 23.2. The molecular formula is C21H29N3O. The molecule has 25 heavy (non-hydrogen) atoms. The van der Waals surface area contributed by atoms with Gasteiger partial charge in [-0.3, -0.25) is 4.79 Å². The smallest absolute Gasteiger partial charge is 0.264 e. The highest BCUT2D eigenvalue weighted by Gasteiger charge is 2.30.